The third-order valence-electron chi connectivity index (χ3n) is 3.39. The lowest BCUT2D eigenvalue weighted by Crippen LogP contribution is -2.41. The summed E-state index contributed by atoms with van der Waals surface area (Å²) in [5.41, 5.74) is -0.580. The van der Waals surface area contributed by atoms with Gasteiger partial charge < -0.3 is 14.8 Å². The third-order valence-corrected chi connectivity index (χ3v) is 3.39. The molecule has 0 spiro atoms. The molecule has 1 heterocycles. The predicted molar refractivity (Wildman–Crippen MR) is 102 cm³/mol. The molecule has 2 rings (SSSR count). The number of hydrogen-bond donors (Lipinski definition) is 2. The number of hydrogen-bond acceptors (Lipinski definition) is 7. The number of rotatable bonds is 9. The summed E-state index contributed by atoms with van der Waals surface area (Å²) in [6.07, 6.45) is 1.44. The Morgan fingerprint density at radius 3 is 2.62 bits per heavy atom. The first-order chi connectivity index (χ1) is 14.0. The van der Waals surface area contributed by atoms with Crippen molar-refractivity contribution < 1.29 is 23.9 Å². The average Bonchev–Trinajstić information content (AvgIpc) is 2.72. The van der Waals surface area contributed by atoms with Gasteiger partial charge in [0.2, 0.25) is 0 Å². The fourth-order valence-electron chi connectivity index (χ4n) is 2.06. The highest BCUT2D eigenvalue weighted by molar-refractivity contribution is 5.96. The maximum absolute atomic E-state index is 12.0. The van der Waals surface area contributed by atoms with E-state index in [9.17, 15) is 19.2 Å². The van der Waals surface area contributed by atoms with Gasteiger partial charge in [0.15, 0.2) is 12.3 Å². The molecule has 1 aromatic carbocycles. The van der Waals surface area contributed by atoms with E-state index in [0.717, 1.165) is 10.7 Å². The molecule has 0 aliphatic rings. The zero-order chi connectivity index (χ0) is 21.1. The van der Waals surface area contributed by atoms with E-state index in [1.54, 1.807) is 12.1 Å². The van der Waals surface area contributed by atoms with Crippen molar-refractivity contribution >= 4 is 17.9 Å². The van der Waals surface area contributed by atoms with E-state index < -0.39 is 30.1 Å². The second kappa shape index (κ2) is 11.0. The number of benzene rings is 1. The molecule has 0 aliphatic carbocycles. The molecule has 0 unspecified atom stereocenters. The number of para-hydroxylation sites is 1. The van der Waals surface area contributed by atoms with Gasteiger partial charge in [0.05, 0.1) is 6.54 Å². The zero-order valence-electron chi connectivity index (χ0n) is 15.5. The largest absolute Gasteiger partial charge is 0.492 e. The van der Waals surface area contributed by atoms with Crippen molar-refractivity contribution in [2.45, 2.75) is 6.54 Å². The van der Waals surface area contributed by atoms with Crippen LogP contribution < -0.4 is 20.9 Å². The molecule has 29 heavy (non-hydrogen) atoms. The van der Waals surface area contributed by atoms with Gasteiger partial charge in [-0.1, -0.05) is 24.3 Å². The summed E-state index contributed by atoms with van der Waals surface area (Å²) in [6.45, 7) is 3.19. The summed E-state index contributed by atoms with van der Waals surface area (Å²) < 4.78 is 11.4. The van der Waals surface area contributed by atoms with Gasteiger partial charge in [-0.05, 0) is 18.2 Å². The molecule has 10 heteroatoms. The van der Waals surface area contributed by atoms with Crippen molar-refractivity contribution in [2.75, 3.05) is 19.8 Å². The van der Waals surface area contributed by atoms with E-state index in [2.05, 4.69) is 17.0 Å². The molecule has 0 fully saturated rings. The molecule has 0 bridgehead atoms. The lowest BCUT2D eigenvalue weighted by atomic mass is 10.3. The van der Waals surface area contributed by atoms with Crippen molar-refractivity contribution in [2.24, 2.45) is 0 Å². The highest BCUT2D eigenvalue weighted by Crippen LogP contribution is 2.07. The van der Waals surface area contributed by atoms with Gasteiger partial charge in [0.1, 0.15) is 12.4 Å². The smallest absolute Gasteiger partial charge is 0.359 e. The molecule has 0 saturated carbocycles. The normalized spacial score (nSPS) is 9.93. The molecule has 0 radical (unpaired) electrons. The summed E-state index contributed by atoms with van der Waals surface area (Å²) >= 11 is 0. The molecule has 0 aliphatic heterocycles. The van der Waals surface area contributed by atoms with E-state index >= 15 is 0 Å². The van der Waals surface area contributed by atoms with Crippen LogP contribution in [0.2, 0.25) is 0 Å². The number of nitrogens with one attached hydrogen (secondary N) is 2. The molecular formula is C19H20N4O6. The Labute approximate surface area is 166 Å². The SMILES string of the molecule is C=CCNC(=O)NC(=O)COC(=O)c1ccc(=O)n(CCOc2ccccc2)n1. The number of carbonyl (C=O) groups is 3. The first-order valence-electron chi connectivity index (χ1n) is 8.61. The standard InChI is InChI=1S/C19H20N4O6/c1-2-10-20-19(27)21-16(24)13-29-18(26)15-8-9-17(25)23(22-15)11-12-28-14-6-4-3-5-7-14/h2-9H,1,10-13H2,(H2,20,21,24,27). The fraction of sp³-hybridized carbons (Fsp3) is 0.211. The number of imide groups is 1. The van der Waals surface area contributed by atoms with Gasteiger partial charge in [-0.25, -0.2) is 14.3 Å². The minimum atomic E-state index is -0.913. The minimum absolute atomic E-state index is 0.110. The van der Waals surface area contributed by atoms with Crippen LogP contribution in [0.5, 0.6) is 5.75 Å². The molecule has 2 aromatic rings. The number of aromatic nitrogens is 2. The molecule has 0 saturated heterocycles. The van der Waals surface area contributed by atoms with Crippen LogP contribution >= 0.6 is 0 Å². The maximum atomic E-state index is 12.0. The number of nitrogens with zero attached hydrogens (tertiary/aromatic N) is 2. The Bertz CT molecular complexity index is 926. The van der Waals surface area contributed by atoms with Crippen LogP contribution in [0.4, 0.5) is 4.79 Å². The van der Waals surface area contributed by atoms with Crippen molar-refractivity contribution in [3.8, 4) is 5.75 Å². The summed E-state index contributed by atoms with van der Waals surface area (Å²) in [4.78, 5) is 46.8. The van der Waals surface area contributed by atoms with Crippen molar-refractivity contribution in [1.82, 2.24) is 20.4 Å². The van der Waals surface area contributed by atoms with E-state index in [-0.39, 0.29) is 25.4 Å². The van der Waals surface area contributed by atoms with Gasteiger partial charge in [-0.2, -0.15) is 5.10 Å². The number of carbonyl (C=O) groups excluding carboxylic acids is 3. The molecule has 1 aromatic heterocycles. The lowest BCUT2D eigenvalue weighted by Gasteiger charge is -2.09. The topological polar surface area (TPSA) is 129 Å². The Morgan fingerprint density at radius 2 is 1.90 bits per heavy atom. The third kappa shape index (κ3) is 7.29. The maximum Gasteiger partial charge on any atom is 0.359 e. The van der Waals surface area contributed by atoms with Crippen LogP contribution in [0, 0.1) is 0 Å². The van der Waals surface area contributed by atoms with Gasteiger partial charge in [0, 0.05) is 12.6 Å². The lowest BCUT2D eigenvalue weighted by molar-refractivity contribution is -0.123. The van der Waals surface area contributed by atoms with Gasteiger partial charge in [0.25, 0.3) is 11.5 Å². The average molecular weight is 400 g/mol. The predicted octanol–water partition coefficient (Wildman–Crippen LogP) is 0.491. The Balaban J connectivity index is 1.86. The van der Waals surface area contributed by atoms with Crippen LogP contribution in [0.25, 0.3) is 0 Å². The van der Waals surface area contributed by atoms with Crippen LogP contribution in [0.15, 0.2) is 59.9 Å². The quantitative estimate of drug-likeness (QED) is 0.463. The fourth-order valence-corrected chi connectivity index (χ4v) is 2.06. The second-order valence-electron chi connectivity index (χ2n) is 5.56. The Morgan fingerprint density at radius 1 is 1.14 bits per heavy atom. The monoisotopic (exact) mass is 400 g/mol. The highest BCUT2D eigenvalue weighted by atomic mass is 16.5. The van der Waals surface area contributed by atoms with Crippen molar-refractivity contribution in [1.29, 1.82) is 0 Å². The molecule has 0 atom stereocenters. The summed E-state index contributed by atoms with van der Waals surface area (Å²) in [6, 6.07) is 10.6. The summed E-state index contributed by atoms with van der Waals surface area (Å²) in [5.74, 6) is -1.09. The minimum Gasteiger partial charge on any atom is -0.492 e. The molecule has 10 nitrogen and oxygen atoms in total. The molecule has 3 amide bonds. The van der Waals surface area contributed by atoms with E-state index in [1.165, 1.54) is 12.1 Å². The molecule has 152 valence electrons. The molecule has 2 N–H and O–H groups in total. The van der Waals surface area contributed by atoms with Gasteiger partial charge >= 0.3 is 12.0 Å². The van der Waals surface area contributed by atoms with Gasteiger partial charge in [-0.15, -0.1) is 6.58 Å². The highest BCUT2D eigenvalue weighted by Gasteiger charge is 2.14. The van der Waals surface area contributed by atoms with Crippen LogP contribution in [-0.2, 0) is 16.1 Å². The van der Waals surface area contributed by atoms with E-state index in [4.69, 9.17) is 9.47 Å². The first kappa shape index (κ1) is 21.4. The van der Waals surface area contributed by atoms with Gasteiger partial charge in [-0.3, -0.25) is 14.9 Å². The van der Waals surface area contributed by atoms with E-state index in [1.807, 2.05) is 23.5 Å². The van der Waals surface area contributed by atoms with Crippen LogP contribution in [0.3, 0.4) is 0 Å². The number of amides is 3. The zero-order valence-corrected chi connectivity index (χ0v) is 15.5. The Hall–Kier alpha value is -3.95. The number of ether oxygens (including phenoxy) is 2. The summed E-state index contributed by atoms with van der Waals surface area (Å²) in [7, 11) is 0. The van der Waals surface area contributed by atoms with Crippen LogP contribution in [-0.4, -0.2) is 47.4 Å². The molecular weight excluding hydrogens is 380 g/mol. The Kier molecular flexibility index (Phi) is 8.11. The van der Waals surface area contributed by atoms with Crippen LogP contribution in [0.1, 0.15) is 10.5 Å². The van der Waals surface area contributed by atoms with Crippen molar-refractivity contribution in [3.63, 3.8) is 0 Å². The first-order valence-corrected chi connectivity index (χ1v) is 8.61. The second-order valence-corrected chi connectivity index (χ2v) is 5.56. The number of esters is 1. The number of urea groups is 1. The summed E-state index contributed by atoms with van der Waals surface area (Å²) in [5, 5.41) is 8.23. The van der Waals surface area contributed by atoms with E-state index in [0.29, 0.717) is 5.75 Å². The van der Waals surface area contributed by atoms with Crippen molar-refractivity contribution in [3.05, 3.63) is 71.2 Å².